The zero-order valence-electron chi connectivity index (χ0n) is 11.3. The average molecular weight is 327 g/mol. The summed E-state index contributed by atoms with van der Waals surface area (Å²) in [5.74, 6) is 0.115. The van der Waals surface area contributed by atoms with Crippen molar-refractivity contribution >= 4 is 21.9 Å². The highest BCUT2D eigenvalue weighted by molar-refractivity contribution is 9.10. The first-order chi connectivity index (χ1) is 9.06. The fraction of sp³-hybridized carbons (Fsp3) is 0.533. The van der Waals surface area contributed by atoms with Crippen molar-refractivity contribution in [3.05, 3.63) is 34.3 Å². The molecule has 2 rings (SSSR count). The lowest BCUT2D eigenvalue weighted by Crippen LogP contribution is -2.21. The molecule has 3 unspecified atom stereocenters. The summed E-state index contributed by atoms with van der Waals surface area (Å²) in [5.41, 5.74) is 0.958. The Bertz CT molecular complexity index is 447. The molecule has 0 saturated carbocycles. The van der Waals surface area contributed by atoms with E-state index in [2.05, 4.69) is 22.9 Å². The van der Waals surface area contributed by atoms with E-state index < -0.39 is 0 Å². The van der Waals surface area contributed by atoms with Crippen LogP contribution in [-0.2, 0) is 14.3 Å². The lowest BCUT2D eigenvalue weighted by atomic mass is 10.0. The number of hydrogen-bond donors (Lipinski definition) is 0. The van der Waals surface area contributed by atoms with Crippen molar-refractivity contribution in [3.63, 3.8) is 0 Å². The van der Waals surface area contributed by atoms with Gasteiger partial charge in [-0.25, -0.2) is 0 Å². The molecule has 0 N–H and O–H groups in total. The SMILES string of the molecule is CC1COC(COC(=O)C(C)c2cccc(Br)c2)C1. The van der Waals surface area contributed by atoms with Crippen LogP contribution in [0, 0.1) is 5.92 Å². The van der Waals surface area contributed by atoms with Crippen LogP contribution in [0.15, 0.2) is 28.7 Å². The standard InChI is InChI=1S/C15H19BrO3/c1-10-6-14(18-8-10)9-19-15(17)11(2)12-4-3-5-13(16)7-12/h3-5,7,10-11,14H,6,8-9H2,1-2H3. The summed E-state index contributed by atoms with van der Waals surface area (Å²) < 4.78 is 11.9. The monoisotopic (exact) mass is 326 g/mol. The van der Waals surface area contributed by atoms with Gasteiger partial charge in [-0.2, -0.15) is 0 Å². The molecule has 0 bridgehead atoms. The molecule has 1 aromatic rings. The first kappa shape index (κ1) is 14.5. The number of ether oxygens (including phenoxy) is 2. The summed E-state index contributed by atoms with van der Waals surface area (Å²) in [6.45, 7) is 5.14. The van der Waals surface area contributed by atoms with E-state index in [4.69, 9.17) is 9.47 Å². The summed E-state index contributed by atoms with van der Waals surface area (Å²) in [5, 5.41) is 0. The molecule has 0 amide bonds. The summed E-state index contributed by atoms with van der Waals surface area (Å²) in [7, 11) is 0. The summed E-state index contributed by atoms with van der Waals surface area (Å²) in [6, 6.07) is 7.74. The number of carbonyl (C=O) groups is 1. The highest BCUT2D eigenvalue weighted by Crippen LogP contribution is 2.22. The Labute approximate surface area is 122 Å². The maximum absolute atomic E-state index is 12.0. The van der Waals surface area contributed by atoms with E-state index >= 15 is 0 Å². The van der Waals surface area contributed by atoms with Crippen molar-refractivity contribution in [2.75, 3.05) is 13.2 Å². The van der Waals surface area contributed by atoms with Crippen LogP contribution in [0.25, 0.3) is 0 Å². The lowest BCUT2D eigenvalue weighted by Gasteiger charge is -2.14. The molecule has 0 spiro atoms. The van der Waals surface area contributed by atoms with E-state index in [1.165, 1.54) is 0 Å². The number of hydrogen-bond acceptors (Lipinski definition) is 3. The molecule has 0 aliphatic carbocycles. The highest BCUT2D eigenvalue weighted by Gasteiger charge is 2.24. The van der Waals surface area contributed by atoms with Gasteiger partial charge in [0.25, 0.3) is 0 Å². The van der Waals surface area contributed by atoms with Crippen molar-refractivity contribution < 1.29 is 14.3 Å². The normalized spacial score (nSPS) is 24.2. The minimum atomic E-state index is -0.253. The maximum atomic E-state index is 12.0. The third-order valence-corrected chi connectivity index (χ3v) is 3.89. The van der Waals surface area contributed by atoms with Crippen LogP contribution in [0.2, 0.25) is 0 Å². The van der Waals surface area contributed by atoms with Crippen LogP contribution in [0.5, 0.6) is 0 Å². The van der Waals surface area contributed by atoms with Crippen molar-refractivity contribution in [3.8, 4) is 0 Å². The molecule has 1 aliphatic rings. The van der Waals surface area contributed by atoms with Gasteiger partial charge in [0, 0.05) is 11.1 Å². The fourth-order valence-electron chi connectivity index (χ4n) is 2.21. The molecule has 1 aliphatic heterocycles. The molecular weight excluding hydrogens is 308 g/mol. The third kappa shape index (κ3) is 4.05. The van der Waals surface area contributed by atoms with E-state index in [9.17, 15) is 4.79 Å². The molecule has 0 radical (unpaired) electrons. The Kier molecular flexibility index (Phi) is 4.99. The van der Waals surface area contributed by atoms with E-state index in [0.29, 0.717) is 12.5 Å². The molecule has 1 fully saturated rings. The summed E-state index contributed by atoms with van der Waals surface area (Å²) in [4.78, 5) is 12.0. The Morgan fingerprint density at radius 3 is 3.00 bits per heavy atom. The quantitative estimate of drug-likeness (QED) is 0.794. The Balaban J connectivity index is 1.85. The first-order valence-electron chi connectivity index (χ1n) is 6.60. The number of halogens is 1. The molecule has 0 aromatic heterocycles. The number of benzene rings is 1. The fourth-order valence-corrected chi connectivity index (χ4v) is 2.63. The van der Waals surface area contributed by atoms with E-state index in [-0.39, 0.29) is 18.0 Å². The van der Waals surface area contributed by atoms with Crippen LogP contribution >= 0.6 is 15.9 Å². The molecule has 1 heterocycles. The second-order valence-corrected chi connectivity index (χ2v) is 6.12. The van der Waals surface area contributed by atoms with Crippen LogP contribution < -0.4 is 0 Å². The number of rotatable bonds is 4. The Morgan fingerprint density at radius 1 is 1.58 bits per heavy atom. The largest absolute Gasteiger partial charge is 0.462 e. The number of esters is 1. The first-order valence-corrected chi connectivity index (χ1v) is 7.39. The van der Waals surface area contributed by atoms with Crippen LogP contribution in [-0.4, -0.2) is 25.3 Å². The van der Waals surface area contributed by atoms with E-state index in [1.807, 2.05) is 31.2 Å². The zero-order chi connectivity index (χ0) is 13.8. The van der Waals surface area contributed by atoms with Gasteiger partial charge in [-0.05, 0) is 37.0 Å². The van der Waals surface area contributed by atoms with Gasteiger partial charge in [-0.15, -0.1) is 0 Å². The molecule has 3 atom stereocenters. The maximum Gasteiger partial charge on any atom is 0.313 e. The van der Waals surface area contributed by atoms with Gasteiger partial charge in [-0.3, -0.25) is 4.79 Å². The lowest BCUT2D eigenvalue weighted by molar-refractivity contribution is -0.148. The van der Waals surface area contributed by atoms with Gasteiger partial charge in [0.15, 0.2) is 0 Å². The van der Waals surface area contributed by atoms with Gasteiger partial charge in [0.1, 0.15) is 6.61 Å². The van der Waals surface area contributed by atoms with Crippen LogP contribution in [0.3, 0.4) is 0 Å². The molecule has 104 valence electrons. The average Bonchev–Trinajstić information content (AvgIpc) is 2.81. The molecule has 19 heavy (non-hydrogen) atoms. The van der Waals surface area contributed by atoms with Crippen molar-refractivity contribution in [1.29, 1.82) is 0 Å². The van der Waals surface area contributed by atoms with E-state index in [1.54, 1.807) is 0 Å². The summed E-state index contributed by atoms with van der Waals surface area (Å²) in [6.07, 6.45) is 1.03. The van der Waals surface area contributed by atoms with Crippen molar-refractivity contribution in [1.82, 2.24) is 0 Å². The van der Waals surface area contributed by atoms with Gasteiger partial charge in [0.2, 0.25) is 0 Å². The second-order valence-electron chi connectivity index (χ2n) is 5.20. The van der Waals surface area contributed by atoms with Gasteiger partial charge < -0.3 is 9.47 Å². The Morgan fingerprint density at radius 2 is 2.37 bits per heavy atom. The van der Waals surface area contributed by atoms with Crippen molar-refractivity contribution in [2.24, 2.45) is 5.92 Å². The molecule has 1 aromatic carbocycles. The molecule has 4 heteroatoms. The zero-order valence-corrected chi connectivity index (χ0v) is 12.9. The summed E-state index contributed by atoms with van der Waals surface area (Å²) >= 11 is 3.41. The minimum Gasteiger partial charge on any atom is -0.462 e. The smallest absolute Gasteiger partial charge is 0.313 e. The minimum absolute atomic E-state index is 0.0636. The second kappa shape index (κ2) is 6.53. The van der Waals surface area contributed by atoms with E-state index in [0.717, 1.165) is 23.1 Å². The molecular formula is C15H19BrO3. The predicted octanol–water partition coefficient (Wildman–Crippen LogP) is 3.52. The van der Waals surface area contributed by atoms with Crippen LogP contribution in [0.1, 0.15) is 31.7 Å². The third-order valence-electron chi connectivity index (χ3n) is 3.40. The van der Waals surface area contributed by atoms with Gasteiger partial charge >= 0.3 is 5.97 Å². The molecule has 1 saturated heterocycles. The number of carbonyl (C=O) groups excluding carboxylic acids is 1. The highest BCUT2D eigenvalue weighted by atomic mass is 79.9. The van der Waals surface area contributed by atoms with Crippen molar-refractivity contribution in [2.45, 2.75) is 32.3 Å². The van der Waals surface area contributed by atoms with Crippen LogP contribution in [0.4, 0.5) is 0 Å². The Hall–Kier alpha value is -0.870. The topological polar surface area (TPSA) is 35.5 Å². The predicted molar refractivity (Wildman–Crippen MR) is 77.0 cm³/mol. The molecule has 3 nitrogen and oxygen atoms in total. The van der Waals surface area contributed by atoms with Gasteiger partial charge in [0.05, 0.1) is 12.0 Å². The van der Waals surface area contributed by atoms with Gasteiger partial charge in [-0.1, -0.05) is 35.0 Å².